The highest BCUT2D eigenvalue weighted by Gasteiger charge is 2.07. The predicted octanol–water partition coefficient (Wildman–Crippen LogP) is 2.92. The molecule has 2 aromatic carbocycles. The van der Waals surface area contributed by atoms with E-state index in [1.165, 1.54) is 10.8 Å². The molecule has 0 atom stereocenters. The summed E-state index contributed by atoms with van der Waals surface area (Å²) in [6.45, 7) is 1.75. The molecule has 2 heteroatoms. The van der Waals surface area contributed by atoms with Gasteiger partial charge in [0.1, 0.15) is 18.9 Å². The molecule has 0 saturated carbocycles. The van der Waals surface area contributed by atoms with E-state index in [2.05, 4.69) is 51.5 Å². The van der Waals surface area contributed by atoms with Crippen LogP contribution in [0.15, 0.2) is 42.5 Å². The van der Waals surface area contributed by atoms with E-state index in [4.69, 9.17) is 4.74 Å². The zero-order valence-corrected chi connectivity index (χ0v) is 10.8. The quantitative estimate of drug-likeness (QED) is 0.734. The van der Waals surface area contributed by atoms with Crippen LogP contribution in [0.4, 0.5) is 0 Å². The summed E-state index contributed by atoms with van der Waals surface area (Å²) in [5, 5.41) is 2.42. The van der Waals surface area contributed by atoms with Crippen molar-refractivity contribution in [2.75, 3.05) is 34.3 Å². The molecule has 2 nitrogen and oxygen atoms in total. The van der Waals surface area contributed by atoms with Crippen molar-refractivity contribution in [3.8, 4) is 5.75 Å². The molecule has 0 unspecified atom stereocenters. The fraction of sp³-hybridized carbons (Fsp3) is 0.333. The standard InChI is InChI=1S/C15H20NO/c1-16(2,3)11-12-17-15-10-6-8-13-7-4-5-9-14(13)15/h4-10H,11-12H2,1-3H3/q+1. The normalized spacial score (nSPS) is 11.7. The van der Waals surface area contributed by atoms with Gasteiger partial charge in [-0.15, -0.1) is 0 Å². The number of ether oxygens (including phenoxy) is 1. The second kappa shape index (κ2) is 4.76. The highest BCUT2D eigenvalue weighted by Crippen LogP contribution is 2.24. The lowest BCUT2D eigenvalue weighted by Gasteiger charge is -2.23. The third-order valence-corrected chi connectivity index (χ3v) is 2.77. The number of hydrogen-bond donors (Lipinski definition) is 0. The summed E-state index contributed by atoms with van der Waals surface area (Å²) in [5.41, 5.74) is 0. The minimum atomic E-state index is 0.748. The average molecular weight is 230 g/mol. The van der Waals surface area contributed by atoms with Crippen molar-refractivity contribution in [1.82, 2.24) is 0 Å². The van der Waals surface area contributed by atoms with Gasteiger partial charge in [-0.25, -0.2) is 0 Å². The van der Waals surface area contributed by atoms with Crippen molar-refractivity contribution >= 4 is 10.8 Å². The molecule has 0 aliphatic rings. The summed E-state index contributed by atoms with van der Waals surface area (Å²) < 4.78 is 6.80. The monoisotopic (exact) mass is 230 g/mol. The van der Waals surface area contributed by atoms with Crippen LogP contribution in [0, 0.1) is 0 Å². The first-order chi connectivity index (χ1) is 8.06. The van der Waals surface area contributed by atoms with Crippen LogP contribution in [-0.4, -0.2) is 38.8 Å². The van der Waals surface area contributed by atoms with Gasteiger partial charge < -0.3 is 9.22 Å². The predicted molar refractivity (Wildman–Crippen MR) is 72.3 cm³/mol. The molecule has 0 bridgehead atoms. The van der Waals surface area contributed by atoms with Crippen molar-refractivity contribution in [3.05, 3.63) is 42.5 Å². The first-order valence-corrected chi connectivity index (χ1v) is 5.97. The van der Waals surface area contributed by atoms with Gasteiger partial charge in [-0.2, -0.15) is 0 Å². The van der Waals surface area contributed by atoms with E-state index in [1.54, 1.807) is 0 Å². The van der Waals surface area contributed by atoms with E-state index >= 15 is 0 Å². The number of nitrogens with zero attached hydrogens (tertiary/aromatic N) is 1. The molecule has 2 rings (SSSR count). The topological polar surface area (TPSA) is 9.23 Å². The number of likely N-dealkylation sites (N-methyl/N-ethyl adjacent to an activating group) is 1. The summed E-state index contributed by atoms with van der Waals surface area (Å²) in [6.07, 6.45) is 0. The Hall–Kier alpha value is -1.54. The molecule has 0 fully saturated rings. The molecule has 0 aromatic heterocycles. The lowest BCUT2D eigenvalue weighted by atomic mass is 10.1. The molecule has 17 heavy (non-hydrogen) atoms. The van der Waals surface area contributed by atoms with Crippen molar-refractivity contribution in [1.29, 1.82) is 0 Å². The van der Waals surface area contributed by atoms with Gasteiger partial charge in [-0.1, -0.05) is 36.4 Å². The van der Waals surface area contributed by atoms with Gasteiger partial charge in [-0.05, 0) is 11.5 Å². The van der Waals surface area contributed by atoms with Crippen molar-refractivity contribution < 1.29 is 9.22 Å². The fourth-order valence-electron chi connectivity index (χ4n) is 1.75. The van der Waals surface area contributed by atoms with Gasteiger partial charge in [0, 0.05) is 5.39 Å². The molecule has 0 aliphatic carbocycles. The first kappa shape index (κ1) is 11.9. The Morgan fingerprint density at radius 3 is 2.41 bits per heavy atom. The minimum Gasteiger partial charge on any atom is -0.487 e. The van der Waals surface area contributed by atoms with E-state index in [-0.39, 0.29) is 0 Å². The highest BCUT2D eigenvalue weighted by atomic mass is 16.5. The molecule has 0 aliphatic heterocycles. The molecule has 0 N–H and O–H groups in total. The van der Waals surface area contributed by atoms with E-state index in [1.807, 2.05) is 12.1 Å². The lowest BCUT2D eigenvalue weighted by molar-refractivity contribution is -0.870. The van der Waals surface area contributed by atoms with E-state index < -0.39 is 0 Å². The Bertz CT molecular complexity index is 494. The minimum absolute atomic E-state index is 0.748. The molecule has 90 valence electrons. The number of fused-ring (bicyclic) bond motifs is 1. The Morgan fingerprint density at radius 2 is 1.65 bits per heavy atom. The van der Waals surface area contributed by atoms with E-state index in [0.29, 0.717) is 0 Å². The van der Waals surface area contributed by atoms with Gasteiger partial charge in [0.2, 0.25) is 0 Å². The third kappa shape index (κ3) is 3.21. The van der Waals surface area contributed by atoms with Gasteiger partial charge in [0.05, 0.1) is 21.1 Å². The first-order valence-electron chi connectivity index (χ1n) is 5.97. The molecular formula is C15H20NO+. The molecule has 0 amide bonds. The molecular weight excluding hydrogens is 210 g/mol. The van der Waals surface area contributed by atoms with Crippen LogP contribution in [0.25, 0.3) is 10.8 Å². The second-order valence-electron chi connectivity index (χ2n) is 5.34. The van der Waals surface area contributed by atoms with Crippen molar-refractivity contribution in [3.63, 3.8) is 0 Å². The maximum Gasteiger partial charge on any atom is 0.137 e. The highest BCUT2D eigenvalue weighted by molar-refractivity contribution is 5.88. The molecule has 0 heterocycles. The third-order valence-electron chi connectivity index (χ3n) is 2.77. The van der Waals surface area contributed by atoms with Crippen LogP contribution in [0.3, 0.4) is 0 Å². The number of quaternary nitrogens is 1. The zero-order valence-electron chi connectivity index (χ0n) is 10.8. The zero-order chi connectivity index (χ0) is 12.3. The Morgan fingerprint density at radius 1 is 0.941 bits per heavy atom. The lowest BCUT2D eigenvalue weighted by Crippen LogP contribution is -2.38. The van der Waals surface area contributed by atoms with E-state index in [0.717, 1.165) is 23.4 Å². The number of benzene rings is 2. The summed E-state index contributed by atoms with van der Waals surface area (Å²) in [4.78, 5) is 0. The molecule has 2 aromatic rings. The average Bonchev–Trinajstić information content (AvgIpc) is 2.28. The summed E-state index contributed by atoms with van der Waals surface area (Å²) >= 11 is 0. The summed E-state index contributed by atoms with van der Waals surface area (Å²) in [6, 6.07) is 14.5. The Balaban J connectivity index is 2.13. The van der Waals surface area contributed by atoms with Crippen molar-refractivity contribution in [2.45, 2.75) is 0 Å². The van der Waals surface area contributed by atoms with Crippen LogP contribution in [0.5, 0.6) is 5.75 Å². The Kier molecular flexibility index (Phi) is 3.34. The van der Waals surface area contributed by atoms with Crippen LogP contribution in [0.2, 0.25) is 0 Å². The largest absolute Gasteiger partial charge is 0.487 e. The maximum atomic E-state index is 5.88. The molecule has 0 saturated heterocycles. The Labute approximate surface area is 103 Å². The SMILES string of the molecule is C[N+](C)(C)CCOc1cccc2ccccc12. The van der Waals surface area contributed by atoms with Gasteiger partial charge in [0.15, 0.2) is 0 Å². The number of hydrogen-bond acceptors (Lipinski definition) is 1. The van der Waals surface area contributed by atoms with Crippen LogP contribution < -0.4 is 4.74 Å². The molecule has 0 radical (unpaired) electrons. The van der Waals surface area contributed by atoms with Gasteiger partial charge >= 0.3 is 0 Å². The van der Waals surface area contributed by atoms with Crippen LogP contribution in [0.1, 0.15) is 0 Å². The second-order valence-corrected chi connectivity index (χ2v) is 5.34. The van der Waals surface area contributed by atoms with Gasteiger partial charge in [-0.3, -0.25) is 0 Å². The number of rotatable bonds is 4. The summed E-state index contributed by atoms with van der Waals surface area (Å²) in [7, 11) is 6.52. The summed E-state index contributed by atoms with van der Waals surface area (Å²) in [5.74, 6) is 0.983. The maximum absolute atomic E-state index is 5.88. The van der Waals surface area contributed by atoms with E-state index in [9.17, 15) is 0 Å². The molecule has 0 spiro atoms. The van der Waals surface area contributed by atoms with Gasteiger partial charge in [0.25, 0.3) is 0 Å². The smallest absolute Gasteiger partial charge is 0.137 e. The van der Waals surface area contributed by atoms with Crippen LogP contribution in [-0.2, 0) is 0 Å². The van der Waals surface area contributed by atoms with Crippen molar-refractivity contribution in [2.24, 2.45) is 0 Å². The fourth-order valence-corrected chi connectivity index (χ4v) is 1.75. The van der Waals surface area contributed by atoms with Crippen LogP contribution >= 0.6 is 0 Å².